The average molecular weight is 235 g/mol. The Bertz CT molecular complexity index is 355. The second-order valence-corrected chi connectivity index (χ2v) is 5.22. The van der Waals surface area contributed by atoms with Crippen molar-refractivity contribution in [2.24, 2.45) is 5.73 Å². The molecule has 0 atom stereocenters. The third-order valence-corrected chi connectivity index (χ3v) is 3.72. The first-order valence-electron chi connectivity index (χ1n) is 5.49. The van der Waals surface area contributed by atoms with Crippen LogP contribution in [0.3, 0.4) is 0 Å². The van der Waals surface area contributed by atoms with Crippen molar-refractivity contribution in [1.82, 2.24) is 4.90 Å². The molecule has 86 valence electrons. The van der Waals surface area contributed by atoms with Crippen molar-refractivity contribution < 1.29 is 0 Å². The van der Waals surface area contributed by atoms with Crippen molar-refractivity contribution in [3.8, 4) is 0 Å². The van der Waals surface area contributed by atoms with Gasteiger partial charge in [-0.25, -0.2) is 0 Å². The summed E-state index contributed by atoms with van der Waals surface area (Å²) >= 11 is 2.03. The van der Waals surface area contributed by atoms with Gasteiger partial charge in [-0.3, -0.25) is 10.3 Å². The Hall–Kier alpha value is -1.00. The molecule has 4 heteroatoms. The average Bonchev–Trinajstić information content (AvgIpc) is 2.31. The van der Waals surface area contributed by atoms with Gasteiger partial charge in [0, 0.05) is 36.7 Å². The predicted molar refractivity (Wildman–Crippen MR) is 70.1 cm³/mol. The third-order valence-electron chi connectivity index (χ3n) is 2.77. The van der Waals surface area contributed by atoms with E-state index in [9.17, 15) is 0 Å². The van der Waals surface area contributed by atoms with Gasteiger partial charge in [0.2, 0.25) is 0 Å². The number of rotatable bonds is 3. The first-order valence-corrected chi connectivity index (χ1v) is 6.64. The van der Waals surface area contributed by atoms with Crippen LogP contribution in [0.1, 0.15) is 11.1 Å². The summed E-state index contributed by atoms with van der Waals surface area (Å²) in [6, 6.07) is 7.99. The molecule has 0 amide bonds. The lowest BCUT2D eigenvalue weighted by molar-refractivity contribution is 0.294. The summed E-state index contributed by atoms with van der Waals surface area (Å²) in [7, 11) is 0. The molecule has 3 nitrogen and oxygen atoms in total. The van der Waals surface area contributed by atoms with Gasteiger partial charge in [0.25, 0.3) is 0 Å². The summed E-state index contributed by atoms with van der Waals surface area (Å²) < 4.78 is 0. The fourth-order valence-electron chi connectivity index (χ4n) is 1.81. The molecule has 0 unspecified atom stereocenters. The Kier molecular flexibility index (Phi) is 3.85. The van der Waals surface area contributed by atoms with Crippen LogP contribution in [0.15, 0.2) is 24.3 Å². The van der Waals surface area contributed by atoms with Crippen LogP contribution in [-0.4, -0.2) is 35.3 Å². The van der Waals surface area contributed by atoms with Crippen LogP contribution in [-0.2, 0) is 6.54 Å². The van der Waals surface area contributed by atoms with E-state index in [1.165, 1.54) is 30.2 Å². The fraction of sp³-hybridized carbons (Fsp3) is 0.417. The Morgan fingerprint density at radius 1 is 1.25 bits per heavy atom. The number of nitrogen functional groups attached to an aromatic ring is 1. The van der Waals surface area contributed by atoms with Gasteiger partial charge in [0.05, 0.1) is 0 Å². The molecular formula is C12H17N3S. The zero-order chi connectivity index (χ0) is 11.4. The molecule has 0 aromatic heterocycles. The molecule has 1 saturated heterocycles. The molecule has 1 aromatic carbocycles. The van der Waals surface area contributed by atoms with Crippen LogP contribution in [0.25, 0.3) is 0 Å². The van der Waals surface area contributed by atoms with Gasteiger partial charge in [-0.2, -0.15) is 11.8 Å². The standard InChI is InChI=1S/C12H17N3S/c13-12(14)11-3-1-10(2-4-11)9-15-5-7-16-8-6-15/h1-4H,5-9H2,(H3,13,14). The maximum absolute atomic E-state index is 7.32. The molecular weight excluding hydrogens is 218 g/mol. The van der Waals surface area contributed by atoms with E-state index < -0.39 is 0 Å². The second kappa shape index (κ2) is 5.37. The maximum Gasteiger partial charge on any atom is 0.122 e. The highest BCUT2D eigenvalue weighted by Gasteiger charge is 2.10. The Morgan fingerprint density at radius 2 is 1.88 bits per heavy atom. The zero-order valence-electron chi connectivity index (χ0n) is 9.28. The first-order chi connectivity index (χ1) is 7.75. The third kappa shape index (κ3) is 3.00. The molecule has 1 fully saturated rings. The Balaban J connectivity index is 1.96. The monoisotopic (exact) mass is 235 g/mol. The van der Waals surface area contributed by atoms with E-state index in [1.807, 2.05) is 23.9 Å². The lowest BCUT2D eigenvalue weighted by atomic mass is 10.1. The molecule has 2 rings (SSSR count). The van der Waals surface area contributed by atoms with Gasteiger partial charge in [0.15, 0.2) is 0 Å². The molecule has 16 heavy (non-hydrogen) atoms. The highest BCUT2D eigenvalue weighted by atomic mass is 32.2. The van der Waals surface area contributed by atoms with E-state index >= 15 is 0 Å². The molecule has 3 N–H and O–H groups in total. The van der Waals surface area contributed by atoms with Gasteiger partial charge in [-0.1, -0.05) is 24.3 Å². The number of benzene rings is 1. The van der Waals surface area contributed by atoms with Gasteiger partial charge in [0.1, 0.15) is 5.84 Å². The Morgan fingerprint density at radius 3 is 2.44 bits per heavy atom. The molecule has 1 heterocycles. The van der Waals surface area contributed by atoms with Gasteiger partial charge >= 0.3 is 0 Å². The van der Waals surface area contributed by atoms with Crippen molar-refractivity contribution in [3.63, 3.8) is 0 Å². The minimum Gasteiger partial charge on any atom is -0.384 e. The summed E-state index contributed by atoms with van der Waals surface area (Å²) in [6.45, 7) is 3.37. The molecule has 0 aliphatic carbocycles. The van der Waals surface area contributed by atoms with Crippen LogP contribution in [0.4, 0.5) is 0 Å². The second-order valence-electron chi connectivity index (χ2n) is 4.00. The maximum atomic E-state index is 7.32. The number of thioether (sulfide) groups is 1. The van der Waals surface area contributed by atoms with Crippen LogP contribution >= 0.6 is 11.8 Å². The predicted octanol–water partition coefficient (Wildman–Crippen LogP) is 1.52. The van der Waals surface area contributed by atoms with E-state index in [4.69, 9.17) is 11.1 Å². The fourth-order valence-corrected chi connectivity index (χ4v) is 2.79. The Labute approximate surface area is 101 Å². The van der Waals surface area contributed by atoms with Crippen LogP contribution in [0, 0.1) is 5.41 Å². The number of nitrogens with zero attached hydrogens (tertiary/aromatic N) is 1. The topological polar surface area (TPSA) is 53.1 Å². The summed E-state index contributed by atoms with van der Waals surface area (Å²) in [4.78, 5) is 2.47. The van der Waals surface area contributed by atoms with Crippen molar-refractivity contribution in [2.75, 3.05) is 24.6 Å². The SMILES string of the molecule is N=C(N)c1ccc(CN2CCSCC2)cc1. The van der Waals surface area contributed by atoms with Crippen LogP contribution in [0.2, 0.25) is 0 Å². The van der Waals surface area contributed by atoms with E-state index in [0.717, 1.165) is 12.1 Å². The summed E-state index contributed by atoms with van der Waals surface area (Å²) in [6.07, 6.45) is 0. The highest BCUT2D eigenvalue weighted by molar-refractivity contribution is 7.99. The number of hydrogen-bond acceptors (Lipinski definition) is 3. The smallest absolute Gasteiger partial charge is 0.122 e. The van der Waals surface area contributed by atoms with Crippen LogP contribution < -0.4 is 5.73 Å². The van der Waals surface area contributed by atoms with Crippen molar-refractivity contribution in [3.05, 3.63) is 35.4 Å². The lowest BCUT2D eigenvalue weighted by Gasteiger charge is -2.26. The number of nitrogens with two attached hydrogens (primary N) is 1. The minimum atomic E-state index is 0.140. The summed E-state index contributed by atoms with van der Waals surface area (Å²) in [5, 5.41) is 7.32. The minimum absolute atomic E-state index is 0.140. The van der Waals surface area contributed by atoms with Gasteiger partial charge in [-0.15, -0.1) is 0 Å². The molecule has 0 saturated carbocycles. The van der Waals surface area contributed by atoms with E-state index in [0.29, 0.717) is 0 Å². The summed E-state index contributed by atoms with van der Waals surface area (Å²) in [5.41, 5.74) is 7.52. The highest BCUT2D eigenvalue weighted by Crippen LogP contribution is 2.13. The molecule has 1 aromatic rings. The van der Waals surface area contributed by atoms with E-state index in [1.54, 1.807) is 0 Å². The van der Waals surface area contributed by atoms with E-state index in [-0.39, 0.29) is 5.84 Å². The summed E-state index contributed by atoms with van der Waals surface area (Å²) in [5.74, 6) is 2.62. The van der Waals surface area contributed by atoms with Crippen molar-refractivity contribution >= 4 is 17.6 Å². The molecule has 0 radical (unpaired) electrons. The lowest BCUT2D eigenvalue weighted by Crippen LogP contribution is -2.31. The number of nitrogens with one attached hydrogen (secondary N) is 1. The van der Waals surface area contributed by atoms with Crippen molar-refractivity contribution in [1.29, 1.82) is 5.41 Å². The number of hydrogen-bond donors (Lipinski definition) is 2. The van der Waals surface area contributed by atoms with E-state index in [2.05, 4.69) is 17.0 Å². The van der Waals surface area contributed by atoms with Gasteiger partial charge < -0.3 is 5.73 Å². The molecule has 1 aliphatic rings. The first kappa shape index (κ1) is 11.5. The molecule has 0 bridgehead atoms. The van der Waals surface area contributed by atoms with Crippen LogP contribution in [0.5, 0.6) is 0 Å². The molecule has 0 spiro atoms. The van der Waals surface area contributed by atoms with Crippen molar-refractivity contribution in [2.45, 2.75) is 6.54 Å². The quantitative estimate of drug-likeness (QED) is 0.617. The zero-order valence-corrected chi connectivity index (χ0v) is 10.1. The molecule has 1 aliphatic heterocycles. The van der Waals surface area contributed by atoms with Gasteiger partial charge in [-0.05, 0) is 5.56 Å². The number of amidine groups is 1. The normalized spacial score (nSPS) is 17.2. The largest absolute Gasteiger partial charge is 0.384 e.